The Morgan fingerprint density at radius 2 is 1.78 bits per heavy atom. The third kappa shape index (κ3) is 4.32. The van der Waals surface area contributed by atoms with Gasteiger partial charge in [0.05, 0.1) is 11.3 Å². The number of amides is 2. The molecule has 0 aliphatic carbocycles. The maximum Gasteiger partial charge on any atom is 0.255 e. The number of rotatable bonds is 3. The molecule has 0 saturated carbocycles. The van der Waals surface area contributed by atoms with Gasteiger partial charge in [-0.3, -0.25) is 9.59 Å². The van der Waals surface area contributed by atoms with Crippen molar-refractivity contribution in [2.45, 2.75) is 39.7 Å². The van der Waals surface area contributed by atoms with Gasteiger partial charge >= 0.3 is 0 Å². The maximum absolute atomic E-state index is 12.8. The molecule has 1 aliphatic rings. The molecular formula is C18H26N2O3. The van der Waals surface area contributed by atoms with Gasteiger partial charge in [0.2, 0.25) is 5.91 Å². The lowest BCUT2D eigenvalue weighted by atomic mass is 9.95. The molecule has 1 saturated heterocycles. The third-order valence-corrected chi connectivity index (χ3v) is 4.15. The second-order valence-corrected chi connectivity index (χ2v) is 7.01. The first-order chi connectivity index (χ1) is 10.8. The molecule has 2 amide bonds. The van der Waals surface area contributed by atoms with Crippen LogP contribution in [0.4, 0.5) is 5.69 Å². The fourth-order valence-corrected chi connectivity index (χ4v) is 2.52. The van der Waals surface area contributed by atoms with Gasteiger partial charge in [0, 0.05) is 31.7 Å². The summed E-state index contributed by atoms with van der Waals surface area (Å²) in [7, 11) is 1.82. The van der Waals surface area contributed by atoms with E-state index in [0.29, 0.717) is 24.5 Å². The molecule has 0 unspecified atom stereocenters. The van der Waals surface area contributed by atoms with Gasteiger partial charge in [-0.25, -0.2) is 0 Å². The predicted molar refractivity (Wildman–Crippen MR) is 90.5 cm³/mol. The van der Waals surface area contributed by atoms with E-state index in [1.807, 2.05) is 40.0 Å². The summed E-state index contributed by atoms with van der Waals surface area (Å²) in [6.45, 7) is 6.91. The van der Waals surface area contributed by atoms with E-state index in [9.17, 15) is 9.59 Å². The van der Waals surface area contributed by atoms with Gasteiger partial charge in [-0.2, -0.15) is 0 Å². The molecule has 23 heavy (non-hydrogen) atoms. The molecule has 126 valence electrons. The van der Waals surface area contributed by atoms with Crippen LogP contribution in [0.15, 0.2) is 24.3 Å². The molecule has 5 heteroatoms. The highest BCUT2D eigenvalue weighted by atomic mass is 16.5. The van der Waals surface area contributed by atoms with Crippen LogP contribution in [-0.4, -0.2) is 43.0 Å². The topological polar surface area (TPSA) is 58.6 Å². The Bertz CT molecular complexity index is 572. The molecule has 1 heterocycles. The lowest BCUT2D eigenvalue weighted by molar-refractivity contribution is -0.123. The van der Waals surface area contributed by atoms with Crippen LogP contribution in [0, 0.1) is 5.41 Å². The van der Waals surface area contributed by atoms with Crippen molar-refractivity contribution in [3.05, 3.63) is 29.8 Å². The summed E-state index contributed by atoms with van der Waals surface area (Å²) in [6, 6.07) is 7.36. The van der Waals surface area contributed by atoms with E-state index >= 15 is 0 Å². The molecule has 1 aromatic rings. The minimum absolute atomic E-state index is 0.0679. The van der Waals surface area contributed by atoms with E-state index < -0.39 is 5.41 Å². The van der Waals surface area contributed by atoms with Crippen molar-refractivity contribution in [3.63, 3.8) is 0 Å². The Hall–Kier alpha value is -1.88. The molecule has 1 fully saturated rings. The number of nitrogens with zero attached hydrogens (tertiary/aromatic N) is 1. The van der Waals surface area contributed by atoms with Crippen molar-refractivity contribution in [2.75, 3.05) is 25.6 Å². The first-order valence-electron chi connectivity index (χ1n) is 8.06. The number of anilines is 1. The number of carbonyl (C=O) groups excluding carboxylic acids is 2. The second-order valence-electron chi connectivity index (χ2n) is 7.01. The molecule has 1 aromatic carbocycles. The summed E-state index contributed by atoms with van der Waals surface area (Å²) in [6.07, 6.45) is 1.69. The number of hydrogen-bond donors (Lipinski definition) is 1. The number of benzene rings is 1. The maximum atomic E-state index is 12.8. The second kappa shape index (κ2) is 7.13. The normalized spacial score (nSPS) is 16.0. The molecule has 0 atom stereocenters. The Morgan fingerprint density at radius 3 is 2.39 bits per heavy atom. The Morgan fingerprint density at radius 1 is 1.17 bits per heavy atom. The van der Waals surface area contributed by atoms with Crippen LogP contribution in [0.1, 0.15) is 44.0 Å². The fraction of sp³-hybridized carbons (Fsp3) is 0.556. The van der Waals surface area contributed by atoms with Crippen LogP contribution in [0.25, 0.3) is 0 Å². The van der Waals surface area contributed by atoms with Gasteiger partial charge in [-0.15, -0.1) is 0 Å². The summed E-state index contributed by atoms with van der Waals surface area (Å²) in [5.41, 5.74) is 0.582. The lowest BCUT2D eigenvalue weighted by Crippen LogP contribution is -2.41. The third-order valence-electron chi connectivity index (χ3n) is 4.15. The number of carbonyl (C=O) groups is 2. The number of ether oxygens (including phenoxy) is 1. The molecule has 0 bridgehead atoms. The zero-order valence-corrected chi connectivity index (χ0v) is 14.4. The smallest absolute Gasteiger partial charge is 0.255 e. The summed E-state index contributed by atoms with van der Waals surface area (Å²) in [5, 5.41) is 2.88. The average Bonchev–Trinajstić information content (AvgIpc) is 2.54. The Labute approximate surface area is 138 Å². The molecule has 0 spiro atoms. The van der Waals surface area contributed by atoms with E-state index in [2.05, 4.69) is 5.32 Å². The minimum Gasteiger partial charge on any atom is -0.381 e. The Kier molecular flexibility index (Phi) is 5.42. The van der Waals surface area contributed by atoms with Gasteiger partial charge in [0.1, 0.15) is 0 Å². The van der Waals surface area contributed by atoms with E-state index in [1.165, 1.54) is 0 Å². The van der Waals surface area contributed by atoms with E-state index in [1.54, 1.807) is 17.0 Å². The summed E-state index contributed by atoms with van der Waals surface area (Å²) >= 11 is 0. The van der Waals surface area contributed by atoms with E-state index in [4.69, 9.17) is 4.74 Å². The number of hydrogen-bond acceptors (Lipinski definition) is 3. The van der Waals surface area contributed by atoms with Gasteiger partial charge in [0.15, 0.2) is 0 Å². The SMILES string of the molecule is CN(C(=O)c1ccccc1NC(=O)C(C)(C)C)C1CCOCC1. The highest BCUT2D eigenvalue weighted by Crippen LogP contribution is 2.23. The van der Waals surface area contributed by atoms with Crippen molar-refractivity contribution in [2.24, 2.45) is 5.41 Å². The van der Waals surface area contributed by atoms with Gasteiger partial charge in [0.25, 0.3) is 5.91 Å². The van der Waals surface area contributed by atoms with Crippen LogP contribution in [0.2, 0.25) is 0 Å². The largest absolute Gasteiger partial charge is 0.381 e. The minimum atomic E-state index is -0.511. The van der Waals surface area contributed by atoms with Crippen LogP contribution >= 0.6 is 0 Å². The molecule has 1 aliphatic heterocycles. The first kappa shape index (κ1) is 17.5. The van der Waals surface area contributed by atoms with E-state index in [-0.39, 0.29) is 17.9 Å². The average molecular weight is 318 g/mol. The first-order valence-corrected chi connectivity index (χ1v) is 8.06. The molecular weight excluding hydrogens is 292 g/mol. The highest BCUT2D eigenvalue weighted by Gasteiger charge is 2.27. The van der Waals surface area contributed by atoms with Crippen LogP contribution in [0.3, 0.4) is 0 Å². The van der Waals surface area contributed by atoms with Crippen molar-refractivity contribution in [3.8, 4) is 0 Å². The van der Waals surface area contributed by atoms with Crippen molar-refractivity contribution < 1.29 is 14.3 Å². The van der Waals surface area contributed by atoms with Gasteiger partial charge in [-0.05, 0) is 25.0 Å². The Balaban J connectivity index is 2.18. The van der Waals surface area contributed by atoms with Crippen molar-refractivity contribution in [1.29, 1.82) is 0 Å². The van der Waals surface area contributed by atoms with Crippen LogP contribution in [-0.2, 0) is 9.53 Å². The summed E-state index contributed by atoms with van der Waals surface area (Å²) in [5.74, 6) is -0.173. The van der Waals surface area contributed by atoms with Crippen molar-refractivity contribution in [1.82, 2.24) is 4.90 Å². The number of para-hydroxylation sites is 1. The van der Waals surface area contributed by atoms with Crippen molar-refractivity contribution >= 4 is 17.5 Å². The summed E-state index contributed by atoms with van der Waals surface area (Å²) in [4.78, 5) is 26.8. The zero-order valence-electron chi connectivity index (χ0n) is 14.4. The molecule has 0 radical (unpaired) electrons. The van der Waals surface area contributed by atoms with Crippen LogP contribution in [0.5, 0.6) is 0 Å². The van der Waals surface area contributed by atoms with Gasteiger partial charge in [-0.1, -0.05) is 32.9 Å². The molecule has 1 N–H and O–H groups in total. The fourth-order valence-electron chi connectivity index (χ4n) is 2.52. The molecule has 2 rings (SSSR count). The number of nitrogens with one attached hydrogen (secondary N) is 1. The quantitative estimate of drug-likeness (QED) is 0.932. The lowest BCUT2D eigenvalue weighted by Gasteiger charge is -2.31. The molecule has 0 aromatic heterocycles. The summed E-state index contributed by atoms with van der Waals surface area (Å²) < 4.78 is 5.35. The van der Waals surface area contributed by atoms with Gasteiger partial charge < -0.3 is 15.0 Å². The zero-order chi connectivity index (χ0) is 17.0. The molecule has 5 nitrogen and oxygen atoms in total. The standard InChI is InChI=1S/C18H26N2O3/c1-18(2,3)17(22)19-15-8-6-5-7-14(15)16(21)20(4)13-9-11-23-12-10-13/h5-8,13H,9-12H2,1-4H3,(H,19,22). The monoisotopic (exact) mass is 318 g/mol. The highest BCUT2D eigenvalue weighted by molar-refractivity contribution is 6.04. The predicted octanol–water partition coefficient (Wildman–Crippen LogP) is 2.92. The van der Waals surface area contributed by atoms with E-state index in [0.717, 1.165) is 12.8 Å². The van der Waals surface area contributed by atoms with Crippen LogP contribution < -0.4 is 5.32 Å².